The molecule has 0 aromatic heterocycles. The summed E-state index contributed by atoms with van der Waals surface area (Å²) in [6, 6.07) is 0. The molecule has 4 saturated carbocycles. The topological polar surface area (TPSA) is 149 Å². The lowest BCUT2D eigenvalue weighted by molar-refractivity contribution is -0.186. The van der Waals surface area contributed by atoms with E-state index in [1.165, 1.54) is 0 Å². The van der Waals surface area contributed by atoms with Crippen LogP contribution < -0.4 is 0 Å². The Morgan fingerprint density at radius 1 is 0.500 bits per heavy atom. The summed E-state index contributed by atoms with van der Waals surface area (Å²) in [5.41, 5.74) is 0. The first-order chi connectivity index (χ1) is 11.3. The number of rotatable bonds is 4. The van der Waals surface area contributed by atoms with Crippen LogP contribution in [0.4, 0.5) is 0 Å². The molecule has 130 valence electrons. The van der Waals surface area contributed by atoms with Crippen molar-refractivity contribution in [2.75, 3.05) is 0 Å². The maximum atomic E-state index is 11.8. The summed E-state index contributed by atoms with van der Waals surface area (Å²) < 4.78 is 0. The van der Waals surface area contributed by atoms with Gasteiger partial charge in [-0.1, -0.05) is 0 Å². The zero-order valence-corrected chi connectivity index (χ0v) is 12.6. The van der Waals surface area contributed by atoms with Crippen molar-refractivity contribution in [2.45, 2.75) is 12.8 Å². The van der Waals surface area contributed by atoms with E-state index < -0.39 is 59.4 Å². The zero-order chi connectivity index (χ0) is 17.5. The molecule has 8 nitrogen and oxygen atoms in total. The van der Waals surface area contributed by atoms with E-state index in [0.717, 1.165) is 12.8 Å². The fraction of sp³-hybridized carbons (Fsp3) is 0.750. The van der Waals surface area contributed by atoms with Crippen LogP contribution in [-0.4, -0.2) is 44.3 Å². The van der Waals surface area contributed by atoms with Crippen molar-refractivity contribution in [3.63, 3.8) is 0 Å². The molecule has 0 saturated heterocycles. The van der Waals surface area contributed by atoms with Crippen molar-refractivity contribution >= 4 is 23.9 Å². The van der Waals surface area contributed by atoms with Crippen LogP contribution in [0.3, 0.4) is 0 Å². The Balaban J connectivity index is 1.86. The average Bonchev–Trinajstić information content (AvgIpc) is 3.33. The maximum Gasteiger partial charge on any atom is 0.308 e. The minimum atomic E-state index is -1.71. The van der Waals surface area contributed by atoms with Gasteiger partial charge in [0.2, 0.25) is 0 Å². The smallest absolute Gasteiger partial charge is 0.308 e. The minimum absolute atomic E-state index is 0.0262. The fourth-order valence-corrected chi connectivity index (χ4v) is 6.10. The molecule has 10 atom stereocenters. The van der Waals surface area contributed by atoms with Crippen molar-refractivity contribution < 1.29 is 39.6 Å². The normalized spacial score (nSPS) is 50.7. The van der Waals surface area contributed by atoms with Crippen molar-refractivity contribution in [1.29, 1.82) is 0 Å². The molecule has 10 unspecified atom stereocenters. The first-order valence-corrected chi connectivity index (χ1v) is 8.17. The van der Waals surface area contributed by atoms with Gasteiger partial charge in [-0.3, -0.25) is 19.2 Å². The minimum Gasteiger partial charge on any atom is -0.481 e. The van der Waals surface area contributed by atoms with E-state index in [9.17, 15) is 39.6 Å². The van der Waals surface area contributed by atoms with Crippen molar-refractivity contribution in [3.8, 4) is 0 Å². The predicted octanol–water partition coefficient (Wildman–Crippen LogP) is 0.321. The van der Waals surface area contributed by atoms with Crippen LogP contribution in [0.25, 0.3) is 0 Å². The number of carboxylic acids is 4. The molecule has 0 heterocycles. The molecule has 0 radical (unpaired) electrons. The van der Waals surface area contributed by atoms with E-state index in [1.807, 2.05) is 0 Å². The second kappa shape index (κ2) is 4.70. The lowest BCUT2D eigenvalue weighted by Crippen LogP contribution is -2.58. The SMILES string of the molecule is O=C(O)C1C(C(=O)O)C(C(=O)O)C2C3CC3C3CC3C2C1C(=O)O. The van der Waals surface area contributed by atoms with Gasteiger partial charge in [0.25, 0.3) is 0 Å². The van der Waals surface area contributed by atoms with Gasteiger partial charge in [-0.05, 0) is 48.3 Å². The van der Waals surface area contributed by atoms with Gasteiger partial charge in [-0.2, -0.15) is 0 Å². The lowest BCUT2D eigenvalue weighted by atomic mass is 9.52. The largest absolute Gasteiger partial charge is 0.481 e. The number of fused-ring (bicyclic) bond motifs is 6. The Morgan fingerprint density at radius 2 is 0.792 bits per heavy atom. The number of hydrogen-bond acceptors (Lipinski definition) is 4. The molecular weight excluding hydrogens is 320 g/mol. The Hall–Kier alpha value is -2.12. The quantitative estimate of drug-likeness (QED) is 0.572. The molecule has 4 aliphatic carbocycles. The predicted molar refractivity (Wildman–Crippen MR) is 74.7 cm³/mol. The van der Waals surface area contributed by atoms with E-state index in [0.29, 0.717) is 11.8 Å². The molecule has 8 heteroatoms. The highest BCUT2D eigenvalue weighted by atomic mass is 16.4. The first kappa shape index (κ1) is 15.4. The first-order valence-electron chi connectivity index (χ1n) is 8.17. The molecule has 4 fully saturated rings. The molecule has 0 amide bonds. The van der Waals surface area contributed by atoms with E-state index in [2.05, 4.69) is 0 Å². The second-order valence-corrected chi connectivity index (χ2v) is 7.74. The van der Waals surface area contributed by atoms with Gasteiger partial charge < -0.3 is 20.4 Å². The van der Waals surface area contributed by atoms with Gasteiger partial charge in [-0.15, -0.1) is 0 Å². The van der Waals surface area contributed by atoms with Crippen LogP contribution in [0.15, 0.2) is 0 Å². The highest BCUT2D eigenvalue weighted by Gasteiger charge is 2.74. The fourth-order valence-electron chi connectivity index (χ4n) is 6.10. The Morgan fingerprint density at radius 3 is 1.04 bits per heavy atom. The summed E-state index contributed by atoms with van der Waals surface area (Å²) >= 11 is 0. The van der Waals surface area contributed by atoms with Gasteiger partial charge in [-0.25, -0.2) is 0 Å². The highest BCUT2D eigenvalue weighted by Crippen LogP contribution is 2.74. The molecule has 0 aromatic rings. The summed E-state index contributed by atoms with van der Waals surface area (Å²) in [6.07, 6.45) is 1.62. The molecule has 0 aliphatic heterocycles. The second-order valence-electron chi connectivity index (χ2n) is 7.74. The van der Waals surface area contributed by atoms with Crippen LogP contribution >= 0.6 is 0 Å². The van der Waals surface area contributed by atoms with Gasteiger partial charge in [0.15, 0.2) is 0 Å². The standard InChI is InChI=1S/C16H18O8/c17-13(18)9-7-5-1-3(5)4-2-6(4)8(7)10(14(19)20)12(16(23)24)11(9)15(21)22/h3-12H,1-2H2,(H,17,18)(H,19,20)(H,21,22)(H,23,24). The lowest BCUT2D eigenvalue weighted by Gasteiger charge is -2.48. The monoisotopic (exact) mass is 338 g/mol. The van der Waals surface area contributed by atoms with Crippen molar-refractivity contribution in [2.24, 2.45) is 59.2 Å². The third-order valence-corrected chi connectivity index (χ3v) is 6.90. The van der Waals surface area contributed by atoms with Crippen LogP contribution in [-0.2, 0) is 19.2 Å². The third kappa shape index (κ3) is 1.85. The van der Waals surface area contributed by atoms with Gasteiger partial charge in [0.05, 0.1) is 23.7 Å². The van der Waals surface area contributed by atoms with E-state index >= 15 is 0 Å². The number of carbonyl (C=O) groups is 4. The Kier molecular flexibility index (Phi) is 3.02. The van der Waals surface area contributed by atoms with Crippen LogP contribution in [0.1, 0.15) is 12.8 Å². The summed E-state index contributed by atoms with van der Waals surface area (Å²) in [7, 11) is 0. The number of carboxylic acid groups (broad SMARTS) is 4. The third-order valence-electron chi connectivity index (χ3n) is 6.90. The molecule has 24 heavy (non-hydrogen) atoms. The summed E-state index contributed by atoms with van der Waals surface area (Å²) in [5.74, 6) is -12.1. The molecular formula is C16H18O8. The van der Waals surface area contributed by atoms with Crippen LogP contribution in [0, 0.1) is 59.2 Å². The Bertz CT molecular complexity index is 600. The Labute approximate surface area is 136 Å². The molecule has 4 aliphatic rings. The number of hydrogen-bond donors (Lipinski definition) is 4. The molecule has 0 aromatic carbocycles. The molecule has 4 N–H and O–H groups in total. The van der Waals surface area contributed by atoms with Crippen molar-refractivity contribution in [3.05, 3.63) is 0 Å². The van der Waals surface area contributed by atoms with E-state index in [-0.39, 0.29) is 11.8 Å². The van der Waals surface area contributed by atoms with E-state index in [4.69, 9.17) is 0 Å². The molecule has 4 rings (SSSR count). The summed E-state index contributed by atoms with van der Waals surface area (Å²) in [6.45, 7) is 0. The average molecular weight is 338 g/mol. The van der Waals surface area contributed by atoms with Crippen molar-refractivity contribution in [1.82, 2.24) is 0 Å². The van der Waals surface area contributed by atoms with Crippen LogP contribution in [0.5, 0.6) is 0 Å². The zero-order valence-electron chi connectivity index (χ0n) is 12.6. The summed E-state index contributed by atoms with van der Waals surface area (Å²) in [5, 5.41) is 38.4. The van der Waals surface area contributed by atoms with Gasteiger partial charge >= 0.3 is 23.9 Å². The summed E-state index contributed by atoms with van der Waals surface area (Å²) in [4.78, 5) is 47.1. The molecule has 0 spiro atoms. The van der Waals surface area contributed by atoms with E-state index in [1.54, 1.807) is 0 Å². The van der Waals surface area contributed by atoms with Gasteiger partial charge in [0, 0.05) is 0 Å². The van der Waals surface area contributed by atoms with Gasteiger partial charge in [0.1, 0.15) is 0 Å². The van der Waals surface area contributed by atoms with Crippen LogP contribution in [0.2, 0.25) is 0 Å². The maximum absolute atomic E-state index is 11.8. The molecule has 0 bridgehead atoms. The highest BCUT2D eigenvalue weighted by molar-refractivity contribution is 5.90. The number of aliphatic carboxylic acids is 4.